The third kappa shape index (κ3) is 2.11. The number of pyridine rings is 1. The van der Waals surface area contributed by atoms with Crippen molar-refractivity contribution in [1.82, 2.24) is 4.98 Å². The molecular formula is C13H13NO3S. The summed E-state index contributed by atoms with van der Waals surface area (Å²) in [7, 11) is 0. The van der Waals surface area contributed by atoms with Gasteiger partial charge in [-0.3, -0.25) is 0 Å². The van der Waals surface area contributed by atoms with Gasteiger partial charge in [0.25, 0.3) is 0 Å². The van der Waals surface area contributed by atoms with E-state index in [1.807, 2.05) is 18.2 Å². The van der Waals surface area contributed by atoms with Crippen LogP contribution in [0.15, 0.2) is 29.4 Å². The van der Waals surface area contributed by atoms with Crippen LogP contribution in [-0.4, -0.2) is 29.2 Å². The van der Waals surface area contributed by atoms with E-state index >= 15 is 0 Å². The molecule has 0 aliphatic carbocycles. The minimum atomic E-state index is 0.212. The van der Waals surface area contributed by atoms with Crippen molar-refractivity contribution in [2.45, 2.75) is 11.4 Å². The van der Waals surface area contributed by atoms with Crippen LogP contribution >= 0.6 is 11.8 Å². The Morgan fingerprint density at radius 1 is 1.28 bits per heavy atom. The Kier molecular flexibility index (Phi) is 3.25. The monoisotopic (exact) mass is 263 g/mol. The summed E-state index contributed by atoms with van der Waals surface area (Å²) in [6.07, 6.45) is 2.57. The number of ether oxygens (including phenoxy) is 2. The van der Waals surface area contributed by atoms with Gasteiger partial charge in [0.2, 0.25) is 6.79 Å². The maximum atomic E-state index is 8.81. The van der Waals surface area contributed by atoms with E-state index in [4.69, 9.17) is 14.6 Å². The lowest BCUT2D eigenvalue weighted by Gasteiger charge is -2.06. The van der Waals surface area contributed by atoms with Crippen molar-refractivity contribution >= 4 is 22.5 Å². The number of benzene rings is 1. The second-order valence-electron chi connectivity index (χ2n) is 3.97. The number of aliphatic hydroxyl groups excluding tert-OH is 1. The molecule has 4 nitrogen and oxygen atoms in total. The first-order valence-electron chi connectivity index (χ1n) is 5.80. The van der Waals surface area contributed by atoms with Gasteiger partial charge in [-0.05, 0) is 30.0 Å². The Morgan fingerprint density at radius 3 is 2.94 bits per heavy atom. The van der Waals surface area contributed by atoms with Crippen molar-refractivity contribution < 1.29 is 14.6 Å². The molecule has 0 bridgehead atoms. The van der Waals surface area contributed by atoms with E-state index in [1.54, 1.807) is 18.0 Å². The normalized spacial score (nSPS) is 13.2. The average Bonchev–Trinajstić information content (AvgIpc) is 2.84. The summed E-state index contributed by atoms with van der Waals surface area (Å²) in [5.41, 5.74) is 0. The molecule has 0 atom stereocenters. The predicted molar refractivity (Wildman–Crippen MR) is 70.3 cm³/mol. The van der Waals surface area contributed by atoms with E-state index in [0.29, 0.717) is 0 Å². The first-order chi connectivity index (χ1) is 8.88. The molecule has 1 aliphatic rings. The van der Waals surface area contributed by atoms with E-state index < -0.39 is 0 Å². The van der Waals surface area contributed by atoms with Crippen molar-refractivity contribution in [3.05, 3.63) is 24.4 Å². The summed E-state index contributed by atoms with van der Waals surface area (Å²) in [4.78, 5) is 4.39. The van der Waals surface area contributed by atoms with Gasteiger partial charge >= 0.3 is 0 Å². The molecule has 3 rings (SSSR count). The third-order valence-corrected chi connectivity index (χ3v) is 3.85. The van der Waals surface area contributed by atoms with Crippen molar-refractivity contribution in [2.24, 2.45) is 0 Å². The highest BCUT2D eigenvalue weighted by Gasteiger charge is 2.15. The lowest BCUT2D eigenvalue weighted by atomic mass is 10.1. The van der Waals surface area contributed by atoms with Gasteiger partial charge in [0.05, 0.1) is 0 Å². The fourth-order valence-corrected chi connectivity index (χ4v) is 2.82. The third-order valence-electron chi connectivity index (χ3n) is 2.76. The molecule has 0 spiro atoms. The Labute approximate surface area is 109 Å². The minimum Gasteiger partial charge on any atom is -0.454 e. The molecule has 1 N–H and O–H groups in total. The second-order valence-corrected chi connectivity index (χ2v) is 5.05. The largest absolute Gasteiger partial charge is 0.454 e. The van der Waals surface area contributed by atoms with Crippen LogP contribution in [-0.2, 0) is 0 Å². The first kappa shape index (κ1) is 11.6. The molecule has 0 saturated carbocycles. The average molecular weight is 263 g/mol. The highest BCUT2D eigenvalue weighted by molar-refractivity contribution is 7.99. The molecular weight excluding hydrogens is 250 g/mol. The minimum absolute atomic E-state index is 0.212. The van der Waals surface area contributed by atoms with E-state index in [9.17, 15) is 0 Å². The van der Waals surface area contributed by atoms with Crippen LogP contribution in [0.2, 0.25) is 0 Å². The molecule has 1 aromatic carbocycles. The van der Waals surface area contributed by atoms with Crippen molar-refractivity contribution in [3.63, 3.8) is 0 Å². The summed E-state index contributed by atoms with van der Waals surface area (Å²) in [5, 5.41) is 12.0. The lowest BCUT2D eigenvalue weighted by molar-refractivity contribution is 0.174. The summed E-state index contributed by atoms with van der Waals surface area (Å²) in [6, 6.07) is 5.93. The van der Waals surface area contributed by atoms with Crippen LogP contribution in [0, 0.1) is 0 Å². The lowest BCUT2D eigenvalue weighted by Crippen LogP contribution is -1.92. The molecule has 0 saturated heterocycles. The van der Waals surface area contributed by atoms with Gasteiger partial charge in [0, 0.05) is 23.9 Å². The number of thioether (sulfide) groups is 1. The maximum Gasteiger partial charge on any atom is 0.231 e. The fourth-order valence-electron chi connectivity index (χ4n) is 1.88. The summed E-state index contributed by atoms with van der Waals surface area (Å²) in [5.74, 6) is 2.43. The highest BCUT2D eigenvalue weighted by Crippen LogP contribution is 2.38. The Morgan fingerprint density at radius 2 is 2.11 bits per heavy atom. The maximum absolute atomic E-state index is 8.81. The molecule has 0 fully saturated rings. The zero-order valence-corrected chi connectivity index (χ0v) is 10.6. The zero-order valence-electron chi connectivity index (χ0n) is 9.76. The van der Waals surface area contributed by atoms with Gasteiger partial charge < -0.3 is 14.6 Å². The fraction of sp³-hybridized carbons (Fsp3) is 0.308. The van der Waals surface area contributed by atoms with E-state index in [1.165, 1.54) is 0 Å². The van der Waals surface area contributed by atoms with Gasteiger partial charge in [-0.15, -0.1) is 11.8 Å². The molecule has 1 aromatic heterocycles. The second kappa shape index (κ2) is 5.04. The van der Waals surface area contributed by atoms with Crippen LogP contribution in [0.3, 0.4) is 0 Å². The smallest absolute Gasteiger partial charge is 0.231 e. The predicted octanol–water partition coefficient (Wildman–Crippen LogP) is 2.44. The molecule has 5 heteroatoms. The van der Waals surface area contributed by atoms with Gasteiger partial charge in [-0.25, -0.2) is 4.98 Å². The number of aromatic nitrogens is 1. The van der Waals surface area contributed by atoms with Crippen LogP contribution < -0.4 is 9.47 Å². The summed E-state index contributed by atoms with van der Waals surface area (Å²) in [6.45, 7) is 0.496. The standard InChI is InChI=1S/C13H13NO3S/c15-4-1-5-18-13-10-7-12-11(16-8-17-12)6-9(10)2-3-14-13/h2-3,6-7,15H,1,4-5,8H2. The van der Waals surface area contributed by atoms with Crippen LogP contribution in [0.1, 0.15) is 6.42 Å². The van der Waals surface area contributed by atoms with E-state index in [2.05, 4.69) is 4.98 Å². The Bertz CT molecular complexity index is 573. The van der Waals surface area contributed by atoms with E-state index in [0.717, 1.165) is 39.5 Å². The molecule has 18 heavy (non-hydrogen) atoms. The number of rotatable bonds is 4. The molecule has 0 amide bonds. The quantitative estimate of drug-likeness (QED) is 0.678. The number of aliphatic hydroxyl groups is 1. The molecule has 2 heterocycles. The van der Waals surface area contributed by atoms with Crippen molar-refractivity contribution in [2.75, 3.05) is 19.2 Å². The Hall–Kier alpha value is -1.46. The number of hydrogen-bond donors (Lipinski definition) is 1. The zero-order chi connectivity index (χ0) is 12.4. The van der Waals surface area contributed by atoms with Gasteiger partial charge in [0.15, 0.2) is 11.5 Å². The number of hydrogen-bond acceptors (Lipinski definition) is 5. The van der Waals surface area contributed by atoms with Crippen LogP contribution in [0.5, 0.6) is 11.5 Å². The summed E-state index contributed by atoms with van der Waals surface area (Å²) >= 11 is 1.65. The molecule has 1 aliphatic heterocycles. The molecule has 0 unspecified atom stereocenters. The van der Waals surface area contributed by atoms with Crippen LogP contribution in [0.4, 0.5) is 0 Å². The number of fused-ring (bicyclic) bond motifs is 2. The summed E-state index contributed by atoms with van der Waals surface area (Å²) < 4.78 is 10.8. The first-order valence-corrected chi connectivity index (χ1v) is 6.79. The SMILES string of the molecule is OCCCSc1nccc2cc3c(cc12)OCO3. The van der Waals surface area contributed by atoms with Gasteiger partial charge in [0.1, 0.15) is 5.03 Å². The molecule has 94 valence electrons. The topological polar surface area (TPSA) is 51.6 Å². The molecule has 0 radical (unpaired) electrons. The molecule has 2 aromatic rings. The number of nitrogens with zero attached hydrogens (tertiary/aromatic N) is 1. The van der Waals surface area contributed by atoms with Crippen LogP contribution in [0.25, 0.3) is 10.8 Å². The van der Waals surface area contributed by atoms with Gasteiger partial charge in [-0.1, -0.05) is 0 Å². The van der Waals surface area contributed by atoms with E-state index in [-0.39, 0.29) is 13.4 Å². The Balaban J connectivity index is 1.99. The van der Waals surface area contributed by atoms with Gasteiger partial charge in [-0.2, -0.15) is 0 Å². The van der Waals surface area contributed by atoms with Crippen molar-refractivity contribution in [3.8, 4) is 11.5 Å². The van der Waals surface area contributed by atoms with Crippen molar-refractivity contribution in [1.29, 1.82) is 0 Å². The highest BCUT2D eigenvalue weighted by atomic mass is 32.2.